The third-order valence-corrected chi connectivity index (χ3v) is 5.18. The number of carbonyl (C=O) groups is 1. The van der Waals surface area contributed by atoms with Crippen LogP contribution in [0.4, 0.5) is 0 Å². The maximum Gasteiger partial charge on any atom is 0.273 e. The molecule has 0 bridgehead atoms. The van der Waals surface area contributed by atoms with Gasteiger partial charge in [-0.2, -0.15) is 0 Å². The molecule has 2 aromatic carbocycles. The topological polar surface area (TPSA) is 109 Å². The van der Waals surface area contributed by atoms with Crippen LogP contribution < -0.4 is 18.6 Å². The summed E-state index contributed by atoms with van der Waals surface area (Å²) in [4.78, 5) is 12.7. The average molecular weight is 423 g/mol. The van der Waals surface area contributed by atoms with E-state index in [1.54, 1.807) is 18.3 Å². The minimum atomic E-state index is -4.94. The Morgan fingerprint density at radius 3 is 1.78 bits per heavy atom. The number of hydrogen-bond donors (Lipinski definition) is 0. The zero-order valence-corrected chi connectivity index (χ0v) is 16.6. The van der Waals surface area contributed by atoms with Gasteiger partial charge in [0.2, 0.25) is 16.2 Å². The molecule has 140 valence electrons. The summed E-state index contributed by atoms with van der Waals surface area (Å²) in [7, 11) is -4.94. The molecule has 1 aromatic heterocycles. The Kier molecular flexibility index (Phi) is 7.88. The Bertz CT molecular complexity index is 820. The van der Waals surface area contributed by atoms with E-state index in [0.717, 1.165) is 15.3 Å². The van der Waals surface area contributed by atoms with E-state index in [1.165, 1.54) is 22.2 Å². The Labute approximate surface area is 167 Å². The van der Waals surface area contributed by atoms with E-state index in [1.807, 2.05) is 36.4 Å². The zero-order chi connectivity index (χ0) is 19.9. The Hall–Kier alpha value is -1.84. The molecule has 0 spiro atoms. The second kappa shape index (κ2) is 9.91. The van der Waals surface area contributed by atoms with E-state index in [-0.39, 0.29) is 5.12 Å². The molecule has 0 aliphatic heterocycles. The van der Waals surface area contributed by atoms with Crippen LogP contribution in [0.25, 0.3) is 21.6 Å². The number of thioether (sulfide) groups is 1. The van der Waals surface area contributed by atoms with Gasteiger partial charge in [0.1, 0.15) is 0 Å². The first-order valence-corrected chi connectivity index (χ1v) is 10.5. The van der Waals surface area contributed by atoms with Gasteiger partial charge in [-0.25, -0.2) is 18.6 Å². The number of halogens is 1. The summed E-state index contributed by atoms with van der Waals surface area (Å²) in [6.07, 6.45) is 0. The van der Waals surface area contributed by atoms with Crippen molar-refractivity contribution in [3.05, 3.63) is 72.8 Å². The lowest BCUT2D eigenvalue weighted by Crippen LogP contribution is -2.68. The van der Waals surface area contributed by atoms with Crippen LogP contribution in [0.15, 0.2) is 77.0 Å². The van der Waals surface area contributed by atoms with Crippen LogP contribution in [0.3, 0.4) is 0 Å². The van der Waals surface area contributed by atoms with Gasteiger partial charge in [0.15, 0.2) is 5.12 Å². The van der Waals surface area contributed by atoms with Gasteiger partial charge >= 0.3 is 0 Å². The van der Waals surface area contributed by atoms with Crippen LogP contribution in [-0.2, 0) is 4.79 Å². The fourth-order valence-electron chi connectivity index (χ4n) is 2.21. The molecule has 5 nitrogen and oxygen atoms in total. The molecule has 0 N–H and O–H groups in total. The smallest absolute Gasteiger partial charge is 0.273 e. The summed E-state index contributed by atoms with van der Waals surface area (Å²) in [5.41, 5.74) is 3.48. The van der Waals surface area contributed by atoms with Crippen molar-refractivity contribution in [2.75, 3.05) is 0 Å². The Morgan fingerprint density at radius 2 is 1.30 bits per heavy atom. The van der Waals surface area contributed by atoms with Crippen LogP contribution in [-0.4, -0.2) is 5.12 Å². The molecule has 0 unspecified atom stereocenters. The summed E-state index contributed by atoms with van der Waals surface area (Å²) in [5.74, 6) is 0. The molecule has 3 rings (SSSR count). The molecule has 0 radical (unpaired) electrons. The minimum Gasteiger partial charge on any atom is -0.287 e. The molecule has 3 aromatic rings. The third-order valence-electron chi connectivity index (χ3n) is 3.18. The molecular weight excluding hydrogens is 408 g/mol. The van der Waals surface area contributed by atoms with Crippen LogP contribution in [0.1, 0.15) is 6.92 Å². The van der Waals surface area contributed by atoms with E-state index in [4.69, 9.17) is 18.6 Å². The highest BCUT2D eigenvalue weighted by atomic mass is 35.7. The summed E-state index contributed by atoms with van der Waals surface area (Å²) in [5, 5.41) is 0.112. The van der Waals surface area contributed by atoms with Gasteiger partial charge in [-0.3, -0.25) is 4.79 Å². The number of benzene rings is 2. The Morgan fingerprint density at radius 1 is 0.815 bits per heavy atom. The number of hydrogen-bond acceptors (Lipinski definition) is 6. The molecule has 27 heavy (non-hydrogen) atoms. The normalized spacial score (nSPS) is 10.7. The molecule has 0 aliphatic rings. The van der Waals surface area contributed by atoms with Gasteiger partial charge in [-0.15, -0.1) is 10.2 Å². The first kappa shape index (κ1) is 21.5. The predicted octanol–water partition coefficient (Wildman–Crippen LogP) is 1.25. The molecule has 0 saturated carbocycles. The van der Waals surface area contributed by atoms with Gasteiger partial charge in [0.25, 0.3) is 4.21 Å². The highest BCUT2D eigenvalue weighted by Crippen LogP contribution is 2.37. The van der Waals surface area contributed by atoms with Crippen molar-refractivity contribution in [2.24, 2.45) is 0 Å². The van der Waals surface area contributed by atoms with Crippen molar-refractivity contribution in [2.45, 2.75) is 11.1 Å². The predicted molar refractivity (Wildman–Crippen MR) is 96.1 cm³/mol. The second-order valence-electron chi connectivity index (χ2n) is 5.23. The lowest BCUT2D eigenvalue weighted by atomic mass is 10.1. The SMILES string of the molecule is CC(=O)Sc1cc(-c2ccccc2)cc(-c2ccccc2)[s+]1.[O-][Cl+3]([O-])([O-])[O-]. The van der Waals surface area contributed by atoms with Gasteiger partial charge in [0.05, 0.1) is 0 Å². The molecule has 0 saturated heterocycles. The first-order valence-electron chi connectivity index (χ1n) is 7.61. The molecule has 0 amide bonds. The van der Waals surface area contributed by atoms with Crippen LogP contribution in [0, 0.1) is 10.2 Å². The minimum absolute atomic E-state index is 0.112. The summed E-state index contributed by atoms with van der Waals surface area (Å²) < 4.78 is 35.0. The van der Waals surface area contributed by atoms with E-state index in [0.29, 0.717) is 0 Å². The first-order chi connectivity index (χ1) is 12.7. The van der Waals surface area contributed by atoms with Crippen molar-refractivity contribution in [1.29, 1.82) is 0 Å². The lowest BCUT2D eigenvalue weighted by molar-refractivity contribution is -2.00. The van der Waals surface area contributed by atoms with Crippen molar-refractivity contribution in [1.82, 2.24) is 0 Å². The number of carbonyl (C=O) groups excluding carboxylic acids is 1. The van der Waals surface area contributed by atoms with Gasteiger partial charge in [-0.05, 0) is 23.3 Å². The molecule has 8 heteroatoms. The van der Waals surface area contributed by atoms with Crippen LogP contribution >= 0.6 is 23.1 Å². The molecule has 0 atom stereocenters. The maximum atomic E-state index is 11.5. The fraction of sp³-hybridized carbons (Fsp3) is 0.0526. The average Bonchev–Trinajstić information content (AvgIpc) is 2.61. The highest BCUT2D eigenvalue weighted by molar-refractivity contribution is 8.15. The van der Waals surface area contributed by atoms with Crippen molar-refractivity contribution < 1.29 is 33.7 Å². The van der Waals surface area contributed by atoms with Crippen LogP contribution in [0.2, 0.25) is 0 Å². The van der Waals surface area contributed by atoms with Gasteiger partial charge in [0, 0.05) is 36.4 Å². The monoisotopic (exact) mass is 422 g/mol. The van der Waals surface area contributed by atoms with E-state index < -0.39 is 10.2 Å². The number of rotatable bonds is 3. The summed E-state index contributed by atoms with van der Waals surface area (Å²) in [6.45, 7) is 1.61. The van der Waals surface area contributed by atoms with Crippen molar-refractivity contribution in [3.8, 4) is 21.6 Å². The summed E-state index contributed by atoms with van der Waals surface area (Å²) >= 11 is 2.95. The van der Waals surface area contributed by atoms with Gasteiger partial charge < -0.3 is 0 Å². The standard InChI is InChI=1S/C19H15OS2.ClHO4/c1-14(20)21-19-13-17(15-8-4-2-5-9-15)12-18(22-19)16-10-6-3-7-11-16;2-1(3,4)5/h2-13H,1H3;(H,2,3,4,5)/q+1;/p-1. The quantitative estimate of drug-likeness (QED) is 0.464. The van der Waals surface area contributed by atoms with E-state index in [9.17, 15) is 4.79 Å². The molecule has 0 aliphatic carbocycles. The zero-order valence-electron chi connectivity index (χ0n) is 14.2. The second-order valence-corrected chi connectivity index (χ2v) is 8.55. The highest BCUT2D eigenvalue weighted by Gasteiger charge is 2.19. The van der Waals surface area contributed by atoms with Crippen molar-refractivity contribution >= 4 is 28.2 Å². The van der Waals surface area contributed by atoms with Gasteiger partial charge in [-0.1, -0.05) is 48.5 Å². The van der Waals surface area contributed by atoms with Crippen LogP contribution in [0.5, 0.6) is 0 Å². The van der Waals surface area contributed by atoms with Crippen molar-refractivity contribution in [3.63, 3.8) is 0 Å². The van der Waals surface area contributed by atoms with E-state index in [2.05, 4.69) is 36.4 Å². The third kappa shape index (κ3) is 8.15. The summed E-state index contributed by atoms with van der Waals surface area (Å²) in [6, 6.07) is 24.8. The van der Waals surface area contributed by atoms with E-state index >= 15 is 0 Å². The largest absolute Gasteiger partial charge is 0.287 e. The lowest BCUT2D eigenvalue weighted by Gasteiger charge is -2.17. The molecule has 0 fully saturated rings. The fourth-order valence-corrected chi connectivity index (χ4v) is 4.31. The Balaban J connectivity index is 0.000000465. The molecule has 1 heterocycles. The maximum absolute atomic E-state index is 11.5. The molecular formula is C19H15ClO5S2.